The first-order valence-corrected chi connectivity index (χ1v) is 8.63. The van der Waals surface area contributed by atoms with Crippen LogP contribution in [0.15, 0.2) is 49.6 Å². The number of carbonyl (C=O) groups excluding carboxylic acids is 1. The predicted octanol–water partition coefficient (Wildman–Crippen LogP) is 4.76. The van der Waals surface area contributed by atoms with E-state index in [-0.39, 0.29) is 0 Å². The lowest BCUT2D eigenvalue weighted by molar-refractivity contribution is -0.118. The Morgan fingerprint density at radius 2 is 1.68 bits per heavy atom. The number of nitrogens with one attached hydrogen (secondary N) is 1. The highest BCUT2D eigenvalue weighted by Gasteiger charge is 2.29. The van der Waals surface area contributed by atoms with E-state index in [4.69, 9.17) is 15.3 Å². The van der Waals surface area contributed by atoms with Crippen LogP contribution in [0.25, 0.3) is 0 Å². The summed E-state index contributed by atoms with van der Waals surface area (Å²) in [4.78, 5) is 11.3. The molecule has 25 heavy (non-hydrogen) atoms. The molecule has 0 atom stereocenters. The van der Waals surface area contributed by atoms with E-state index in [1.54, 1.807) is 18.2 Å². The number of aliphatic hydroxyl groups is 1. The molecule has 2 N–H and O–H groups in total. The topological polar surface area (TPSA) is 70.4 Å². The molecule has 1 aliphatic rings. The first-order chi connectivity index (χ1) is 12.0. The highest BCUT2D eigenvalue weighted by molar-refractivity contribution is 6.02. The quantitative estimate of drug-likeness (QED) is 0.313. The van der Waals surface area contributed by atoms with E-state index in [9.17, 15) is 4.79 Å². The Kier molecular flexibility index (Phi) is 20.8. The highest BCUT2D eigenvalue weighted by atomic mass is 16.5. The number of rotatable bonds is 6. The van der Waals surface area contributed by atoms with Crippen molar-refractivity contribution in [3.8, 4) is 0 Å². The predicted molar refractivity (Wildman–Crippen MR) is 109 cm³/mol. The lowest BCUT2D eigenvalue weighted by atomic mass is 9.81. The van der Waals surface area contributed by atoms with Gasteiger partial charge in [0.1, 0.15) is 6.29 Å². The monoisotopic (exact) mass is 351 g/mol. The second-order valence-electron chi connectivity index (χ2n) is 5.26. The van der Waals surface area contributed by atoms with Crippen LogP contribution < -0.4 is 0 Å². The maximum absolute atomic E-state index is 11.3. The molecule has 4 nitrogen and oxygen atoms in total. The van der Waals surface area contributed by atoms with E-state index in [0.29, 0.717) is 37.7 Å². The van der Waals surface area contributed by atoms with E-state index in [2.05, 4.69) is 33.6 Å². The van der Waals surface area contributed by atoms with Crippen molar-refractivity contribution in [1.29, 1.82) is 5.41 Å². The van der Waals surface area contributed by atoms with Crippen LogP contribution >= 0.6 is 0 Å². The summed E-state index contributed by atoms with van der Waals surface area (Å²) in [5.41, 5.74) is 0.975. The van der Waals surface area contributed by atoms with E-state index >= 15 is 0 Å². The van der Waals surface area contributed by atoms with Crippen molar-refractivity contribution in [3.63, 3.8) is 0 Å². The Morgan fingerprint density at radius 1 is 1.20 bits per heavy atom. The molecule has 1 saturated heterocycles. The number of hydrogen-bond acceptors (Lipinski definition) is 4. The number of aldehydes is 1. The van der Waals surface area contributed by atoms with Gasteiger partial charge in [-0.05, 0) is 36.5 Å². The number of allylic oxidation sites excluding steroid dienone is 5. The molecule has 1 heterocycles. The number of aliphatic hydroxyl groups excluding tert-OH is 1. The van der Waals surface area contributed by atoms with Crippen LogP contribution in [0, 0.1) is 16.7 Å². The van der Waals surface area contributed by atoms with Crippen molar-refractivity contribution < 1.29 is 14.6 Å². The standard InChI is InChI=1S/C16H23NO2.C2H6.C2H4.CH4O/c1-4-14(13(2)3)11-15(17)5-6-16(12-18)7-9-19-10-8-16;3*1-2/h4-6,11-13,17H,1,7-10H2,2-3H3;1-2H3;1-2H2;2H,1H3/b6-5+,14-11-,17-15?;;;. The Labute approximate surface area is 154 Å². The van der Waals surface area contributed by atoms with Gasteiger partial charge in [0, 0.05) is 25.7 Å². The van der Waals surface area contributed by atoms with E-state index < -0.39 is 5.41 Å². The first-order valence-electron chi connectivity index (χ1n) is 8.63. The normalized spacial score (nSPS) is 15.6. The summed E-state index contributed by atoms with van der Waals surface area (Å²) in [5, 5.41) is 14.9. The van der Waals surface area contributed by atoms with Gasteiger partial charge >= 0.3 is 0 Å². The molecule has 0 bridgehead atoms. The molecule has 0 aromatic carbocycles. The molecule has 1 aliphatic heterocycles. The molecule has 4 heteroatoms. The summed E-state index contributed by atoms with van der Waals surface area (Å²) in [7, 11) is 1.00. The molecular weight excluding hydrogens is 314 g/mol. The number of hydrogen-bond donors (Lipinski definition) is 2. The van der Waals surface area contributed by atoms with Gasteiger partial charge in [-0.15, -0.1) is 13.2 Å². The zero-order valence-electron chi connectivity index (χ0n) is 16.7. The minimum absolute atomic E-state index is 0.342. The van der Waals surface area contributed by atoms with Crippen LogP contribution in [-0.4, -0.2) is 37.4 Å². The van der Waals surface area contributed by atoms with Gasteiger partial charge in [0.25, 0.3) is 0 Å². The van der Waals surface area contributed by atoms with Gasteiger partial charge in [-0.3, -0.25) is 0 Å². The van der Waals surface area contributed by atoms with Crippen LogP contribution in [0.2, 0.25) is 0 Å². The lowest BCUT2D eigenvalue weighted by Gasteiger charge is -2.28. The molecule has 0 aliphatic carbocycles. The van der Waals surface area contributed by atoms with E-state index in [1.165, 1.54) is 0 Å². The maximum atomic E-state index is 11.3. The number of ether oxygens (including phenoxy) is 1. The summed E-state index contributed by atoms with van der Waals surface area (Å²) in [5.74, 6) is 0.342. The molecule has 0 unspecified atom stereocenters. The fraction of sp³-hybridized carbons (Fsp3) is 0.524. The Hall–Kier alpha value is -1.78. The van der Waals surface area contributed by atoms with Crippen LogP contribution in [0.3, 0.4) is 0 Å². The van der Waals surface area contributed by atoms with Gasteiger partial charge in [0.15, 0.2) is 0 Å². The van der Waals surface area contributed by atoms with Gasteiger partial charge < -0.3 is 20.0 Å². The molecule has 0 aromatic heterocycles. The van der Waals surface area contributed by atoms with Crippen LogP contribution in [0.1, 0.15) is 40.5 Å². The summed E-state index contributed by atoms with van der Waals surface area (Å²) < 4.78 is 5.28. The van der Waals surface area contributed by atoms with Crippen LogP contribution in [-0.2, 0) is 9.53 Å². The second-order valence-corrected chi connectivity index (χ2v) is 5.26. The minimum Gasteiger partial charge on any atom is -0.400 e. The molecule has 144 valence electrons. The summed E-state index contributed by atoms with van der Waals surface area (Å²) >= 11 is 0. The van der Waals surface area contributed by atoms with Crippen LogP contribution in [0.5, 0.6) is 0 Å². The maximum Gasteiger partial charge on any atom is 0.130 e. The summed E-state index contributed by atoms with van der Waals surface area (Å²) in [6.45, 7) is 19.1. The smallest absolute Gasteiger partial charge is 0.130 e. The average molecular weight is 352 g/mol. The molecule has 0 saturated carbocycles. The van der Waals surface area contributed by atoms with Crippen molar-refractivity contribution in [2.24, 2.45) is 11.3 Å². The molecule has 1 fully saturated rings. The van der Waals surface area contributed by atoms with Crippen molar-refractivity contribution in [2.45, 2.75) is 40.5 Å². The fourth-order valence-corrected chi connectivity index (χ4v) is 2.02. The average Bonchev–Trinajstić information content (AvgIpc) is 2.69. The second kappa shape index (κ2) is 18.6. The third-order valence-electron chi connectivity index (χ3n) is 3.48. The van der Waals surface area contributed by atoms with E-state index in [0.717, 1.165) is 19.0 Å². The Balaban J connectivity index is -0.000000725. The summed E-state index contributed by atoms with van der Waals surface area (Å²) in [6.07, 6.45) is 9.52. The van der Waals surface area contributed by atoms with Crippen molar-refractivity contribution in [2.75, 3.05) is 20.3 Å². The molecule has 0 radical (unpaired) electrons. The van der Waals surface area contributed by atoms with Crippen molar-refractivity contribution in [1.82, 2.24) is 0 Å². The van der Waals surface area contributed by atoms with Gasteiger partial charge in [-0.2, -0.15) is 0 Å². The molecule has 1 rings (SSSR count). The molecule has 0 amide bonds. The largest absolute Gasteiger partial charge is 0.400 e. The fourth-order valence-electron chi connectivity index (χ4n) is 2.02. The Bertz CT molecular complexity index is 417. The number of carbonyl (C=O) groups is 1. The van der Waals surface area contributed by atoms with Gasteiger partial charge in [-0.25, -0.2) is 0 Å². The van der Waals surface area contributed by atoms with Crippen LogP contribution in [0.4, 0.5) is 0 Å². The SMILES string of the molecule is C=C.C=C/C(=C/C(=N)/C=C/C1(C=O)CCOCC1)C(C)C.CC.CO. The molecular formula is C21H37NO3. The van der Waals surface area contributed by atoms with Gasteiger partial charge in [-0.1, -0.05) is 46.4 Å². The Morgan fingerprint density at radius 3 is 2.04 bits per heavy atom. The highest BCUT2D eigenvalue weighted by Crippen LogP contribution is 2.29. The van der Waals surface area contributed by atoms with Crippen molar-refractivity contribution in [3.05, 3.63) is 49.6 Å². The first kappa shape index (κ1) is 28.0. The van der Waals surface area contributed by atoms with Gasteiger partial charge in [0.2, 0.25) is 0 Å². The third-order valence-corrected chi connectivity index (χ3v) is 3.48. The van der Waals surface area contributed by atoms with Gasteiger partial charge in [0.05, 0.1) is 5.71 Å². The zero-order chi connectivity index (χ0) is 20.3. The molecule has 0 spiro atoms. The van der Waals surface area contributed by atoms with E-state index in [1.807, 2.05) is 19.9 Å². The minimum atomic E-state index is -0.454. The third kappa shape index (κ3) is 12.3. The zero-order valence-corrected chi connectivity index (χ0v) is 16.7. The lowest BCUT2D eigenvalue weighted by Crippen LogP contribution is -2.29. The van der Waals surface area contributed by atoms with Crippen molar-refractivity contribution >= 4 is 12.0 Å². The molecule has 0 aromatic rings. The summed E-state index contributed by atoms with van der Waals surface area (Å²) in [6, 6.07) is 0.